The normalized spacial score (nSPS) is 10.8. The van der Waals surface area contributed by atoms with Gasteiger partial charge in [0.05, 0.1) is 17.5 Å². The van der Waals surface area contributed by atoms with E-state index in [9.17, 15) is 9.59 Å². The number of fused-ring (bicyclic) bond motifs is 1. The highest BCUT2D eigenvalue weighted by Gasteiger charge is 2.09. The minimum Gasteiger partial charge on any atom is -0.380 e. The molecule has 0 aliphatic heterocycles. The Kier molecular flexibility index (Phi) is 5.20. The average molecular weight is 337 g/mol. The molecule has 0 spiro atoms. The molecular weight excluding hydrogens is 318 g/mol. The summed E-state index contributed by atoms with van der Waals surface area (Å²) in [6, 6.07) is 14.6. The lowest BCUT2D eigenvalue weighted by molar-refractivity contribution is -0.116. The zero-order chi connectivity index (χ0) is 17.6. The fourth-order valence-corrected chi connectivity index (χ4v) is 2.62. The molecule has 2 N–H and O–H groups in total. The number of carbonyl (C=O) groups excluding carboxylic acids is 1. The Bertz CT molecular complexity index is 950. The fraction of sp³-hybridized carbons (Fsp3) is 0.211. The zero-order valence-electron chi connectivity index (χ0n) is 13.9. The van der Waals surface area contributed by atoms with Crippen molar-refractivity contribution >= 4 is 22.5 Å². The maximum absolute atomic E-state index is 12.2. The van der Waals surface area contributed by atoms with E-state index < -0.39 is 0 Å². The molecule has 1 amide bonds. The van der Waals surface area contributed by atoms with Crippen LogP contribution in [-0.2, 0) is 22.6 Å². The van der Waals surface area contributed by atoms with Crippen molar-refractivity contribution in [3.63, 3.8) is 0 Å². The van der Waals surface area contributed by atoms with Gasteiger partial charge in [-0.1, -0.05) is 30.3 Å². The summed E-state index contributed by atoms with van der Waals surface area (Å²) in [4.78, 5) is 31.4. The van der Waals surface area contributed by atoms with Gasteiger partial charge in [-0.15, -0.1) is 0 Å². The van der Waals surface area contributed by atoms with Crippen molar-refractivity contribution in [2.45, 2.75) is 19.4 Å². The highest BCUT2D eigenvalue weighted by Crippen LogP contribution is 2.16. The van der Waals surface area contributed by atoms with Crippen LogP contribution in [0.2, 0.25) is 0 Å². The second-order valence-corrected chi connectivity index (χ2v) is 5.67. The van der Waals surface area contributed by atoms with Crippen molar-refractivity contribution in [2.24, 2.45) is 0 Å². The Morgan fingerprint density at radius 1 is 1.16 bits per heavy atom. The topological polar surface area (TPSA) is 84.1 Å². The van der Waals surface area contributed by atoms with E-state index in [0.29, 0.717) is 29.8 Å². The van der Waals surface area contributed by atoms with E-state index in [1.54, 1.807) is 25.3 Å². The van der Waals surface area contributed by atoms with Crippen molar-refractivity contribution in [1.29, 1.82) is 0 Å². The van der Waals surface area contributed by atoms with Crippen molar-refractivity contribution in [3.8, 4) is 0 Å². The number of hydrogen-bond acceptors (Lipinski definition) is 4. The average Bonchev–Trinajstić information content (AvgIpc) is 2.62. The monoisotopic (exact) mass is 337 g/mol. The lowest BCUT2D eigenvalue weighted by Gasteiger charge is -2.10. The van der Waals surface area contributed by atoms with E-state index in [2.05, 4.69) is 15.3 Å². The summed E-state index contributed by atoms with van der Waals surface area (Å²) in [6.45, 7) is 0.427. The van der Waals surface area contributed by atoms with E-state index in [1.807, 2.05) is 30.3 Å². The Morgan fingerprint density at radius 2 is 1.92 bits per heavy atom. The third-order valence-corrected chi connectivity index (χ3v) is 3.84. The van der Waals surface area contributed by atoms with Gasteiger partial charge in [0.25, 0.3) is 5.56 Å². The molecule has 0 fully saturated rings. The van der Waals surface area contributed by atoms with Crippen LogP contribution in [-0.4, -0.2) is 23.0 Å². The maximum Gasteiger partial charge on any atom is 0.258 e. The molecule has 0 radical (unpaired) electrons. The standard InChI is InChI=1S/C19H19N3O3/c1-25-12-13-6-2-4-8-15(13)21-18(23)11-10-17-20-16-9-5-3-7-14(16)19(24)22-17/h2-9H,10-12H2,1H3,(H,21,23)(H,20,22,24). The number of ether oxygens (including phenoxy) is 1. The summed E-state index contributed by atoms with van der Waals surface area (Å²) in [5.74, 6) is 0.364. The van der Waals surface area contributed by atoms with E-state index in [0.717, 1.165) is 11.3 Å². The lowest BCUT2D eigenvalue weighted by atomic mass is 10.1. The number of H-pyrrole nitrogens is 1. The summed E-state index contributed by atoms with van der Waals surface area (Å²) in [6.07, 6.45) is 0.584. The molecule has 0 atom stereocenters. The van der Waals surface area contributed by atoms with Crippen molar-refractivity contribution < 1.29 is 9.53 Å². The first-order valence-electron chi connectivity index (χ1n) is 8.02. The van der Waals surface area contributed by atoms with Gasteiger partial charge in [-0.25, -0.2) is 4.98 Å². The number of para-hydroxylation sites is 2. The van der Waals surface area contributed by atoms with Gasteiger partial charge in [0, 0.05) is 31.2 Å². The molecule has 25 heavy (non-hydrogen) atoms. The number of nitrogens with one attached hydrogen (secondary N) is 2. The SMILES string of the molecule is COCc1ccccc1NC(=O)CCc1nc2ccccc2c(=O)[nH]1. The second kappa shape index (κ2) is 7.72. The first-order valence-corrected chi connectivity index (χ1v) is 8.02. The molecule has 2 aromatic carbocycles. The second-order valence-electron chi connectivity index (χ2n) is 5.67. The summed E-state index contributed by atoms with van der Waals surface area (Å²) in [7, 11) is 1.61. The molecule has 0 saturated carbocycles. The summed E-state index contributed by atoms with van der Waals surface area (Å²) in [5, 5.41) is 3.42. The van der Waals surface area contributed by atoms with Crippen LogP contribution in [0.3, 0.4) is 0 Å². The van der Waals surface area contributed by atoms with Crippen LogP contribution in [0.15, 0.2) is 53.3 Å². The smallest absolute Gasteiger partial charge is 0.258 e. The van der Waals surface area contributed by atoms with Gasteiger partial charge in [0.2, 0.25) is 5.91 Å². The molecule has 0 saturated heterocycles. The number of aromatic nitrogens is 2. The predicted molar refractivity (Wildman–Crippen MR) is 96.5 cm³/mol. The number of benzene rings is 2. The first-order chi connectivity index (χ1) is 12.2. The van der Waals surface area contributed by atoms with Gasteiger partial charge < -0.3 is 15.0 Å². The molecule has 6 nitrogen and oxygen atoms in total. The lowest BCUT2D eigenvalue weighted by Crippen LogP contribution is -2.17. The molecule has 6 heteroatoms. The van der Waals surface area contributed by atoms with Gasteiger partial charge in [0.1, 0.15) is 5.82 Å². The number of amides is 1. The first kappa shape index (κ1) is 16.9. The molecule has 3 rings (SSSR count). The van der Waals surface area contributed by atoms with E-state index >= 15 is 0 Å². The molecule has 0 aliphatic carbocycles. The van der Waals surface area contributed by atoms with Crippen LogP contribution in [0.1, 0.15) is 17.8 Å². The van der Waals surface area contributed by atoms with Crippen LogP contribution >= 0.6 is 0 Å². The molecule has 128 valence electrons. The van der Waals surface area contributed by atoms with Crippen molar-refractivity contribution in [2.75, 3.05) is 12.4 Å². The Labute approximate surface area is 144 Å². The largest absolute Gasteiger partial charge is 0.380 e. The molecule has 1 aromatic heterocycles. The number of carbonyl (C=O) groups is 1. The molecule has 3 aromatic rings. The molecule has 0 unspecified atom stereocenters. The summed E-state index contributed by atoms with van der Waals surface area (Å²) < 4.78 is 5.13. The Hall–Kier alpha value is -2.99. The van der Waals surface area contributed by atoms with Crippen LogP contribution in [0.4, 0.5) is 5.69 Å². The number of nitrogens with zero attached hydrogens (tertiary/aromatic N) is 1. The summed E-state index contributed by atoms with van der Waals surface area (Å²) >= 11 is 0. The third-order valence-electron chi connectivity index (χ3n) is 3.84. The third kappa shape index (κ3) is 4.10. The Balaban J connectivity index is 1.68. The van der Waals surface area contributed by atoms with Gasteiger partial charge in [-0.3, -0.25) is 9.59 Å². The van der Waals surface area contributed by atoms with E-state index in [-0.39, 0.29) is 17.9 Å². The van der Waals surface area contributed by atoms with Gasteiger partial charge in [-0.05, 0) is 18.2 Å². The Morgan fingerprint density at radius 3 is 2.76 bits per heavy atom. The summed E-state index contributed by atoms with van der Waals surface area (Å²) in [5.41, 5.74) is 2.09. The van der Waals surface area contributed by atoms with Crippen molar-refractivity contribution in [1.82, 2.24) is 9.97 Å². The minimum absolute atomic E-state index is 0.139. The number of anilines is 1. The number of aryl methyl sites for hydroxylation is 1. The maximum atomic E-state index is 12.2. The van der Waals surface area contributed by atoms with Crippen molar-refractivity contribution in [3.05, 3.63) is 70.3 Å². The number of hydrogen-bond donors (Lipinski definition) is 2. The number of rotatable bonds is 6. The van der Waals surface area contributed by atoms with Crippen LogP contribution in [0.25, 0.3) is 10.9 Å². The zero-order valence-corrected chi connectivity index (χ0v) is 13.9. The minimum atomic E-state index is -0.188. The van der Waals surface area contributed by atoms with E-state index in [1.165, 1.54) is 0 Å². The van der Waals surface area contributed by atoms with Crippen LogP contribution in [0.5, 0.6) is 0 Å². The van der Waals surface area contributed by atoms with Crippen LogP contribution in [0, 0.1) is 0 Å². The molecular formula is C19H19N3O3. The van der Waals surface area contributed by atoms with Crippen LogP contribution < -0.4 is 10.9 Å². The van der Waals surface area contributed by atoms with E-state index in [4.69, 9.17) is 4.74 Å². The molecule has 0 bridgehead atoms. The predicted octanol–water partition coefficient (Wildman–Crippen LogP) is 2.64. The quantitative estimate of drug-likeness (QED) is 0.724. The fourth-order valence-electron chi connectivity index (χ4n) is 2.62. The number of aromatic amines is 1. The molecule has 1 heterocycles. The molecule has 0 aliphatic rings. The highest BCUT2D eigenvalue weighted by atomic mass is 16.5. The van der Waals surface area contributed by atoms with Gasteiger partial charge >= 0.3 is 0 Å². The van der Waals surface area contributed by atoms with Gasteiger partial charge in [-0.2, -0.15) is 0 Å². The number of methoxy groups -OCH3 is 1. The highest BCUT2D eigenvalue weighted by molar-refractivity contribution is 5.91. The van der Waals surface area contributed by atoms with Gasteiger partial charge in [0.15, 0.2) is 0 Å².